The van der Waals surface area contributed by atoms with Gasteiger partial charge < -0.3 is 10.1 Å². The van der Waals surface area contributed by atoms with Gasteiger partial charge in [-0.25, -0.2) is 4.79 Å². The van der Waals surface area contributed by atoms with E-state index < -0.39 is 12.1 Å². The number of carbonyl (C=O) groups excluding carboxylic acids is 2. The van der Waals surface area contributed by atoms with Gasteiger partial charge in [0.05, 0.1) is 5.56 Å². The number of anilines is 1. The molecule has 0 bridgehead atoms. The van der Waals surface area contributed by atoms with E-state index in [0.29, 0.717) is 11.3 Å². The summed E-state index contributed by atoms with van der Waals surface area (Å²) in [5.74, 6) is -0.856. The second-order valence-electron chi connectivity index (χ2n) is 4.83. The van der Waals surface area contributed by atoms with Gasteiger partial charge >= 0.3 is 5.97 Å². The number of aryl methyl sites for hydroxylation is 1. The number of para-hydroxylation sites is 1. The first-order valence-electron chi connectivity index (χ1n) is 6.81. The molecule has 0 aromatic heterocycles. The lowest BCUT2D eigenvalue weighted by Crippen LogP contribution is -2.30. The molecule has 0 radical (unpaired) electrons. The van der Waals surface area contributed by atoms with Crippen molar-refractivity contribution in [2.45, 2.75) is 20.0 Å². The molecule has 0 spiro atoms. The van der Waals surface area contributed by atoms with E-state index >= 15 is 0 Å². The highest BCUT2D eigenvalue weighted by molar-refractivity contribution is 14.1. The largest absolute Gasteiger partial charge is 0.449 e. The molecule has 4 nitrogen and oxygen atoms in total. The van der Waals surface area contributed by atoms with Gasteiger partial charge in [-0.1, -0.05) is 30.3 Å². The Morgan fingerprint density at radius 1 is 1.09 bits per heavy atom. The maximum Gasteiger partial charge on any atom is 0.339 e. The van der Waals surface area contributed by atoms with Crippen LogP contribution >= 0.6 is 22.6 Å². The fraction of sp³-hybridized carbons (Fsp3) is 0.176. The minimum absolute atomic E-state index is 0.353. The number of benzene rings is 2. The van der Waals surface area contributed by atoms with E-state index in [4.69, 9.17) is 4.74 Å². The molecular formula is C17H16INO3. The summed E-state index contributed by atoms with van der Waals surface area (Å²) < 4.78 is 6.02. The second kappa shape index (κ2) is 7.40. The monoisotopic (exact) mass is 409 g/mol. The van der Waals surface area contributed by atoms with Crippen molar-refractivity contribution < 1.29 is 14.3 Å². The Kier molecular flexibility index (Phi) is 5.54. The summed E-state index contributed by atoms with van der Waals surface area (Å²) >= 11 is 2.06. The minimum Gasteiger partial charge on any atom is -0.449 e. The van der Waals surface area contributed by atoms with Crippen molar-refractivity contribution in [3.8, 4) is 0 Å². The van der Waals surface area contributed by atoms with E-state index in [-0.39, 0.29) is 5.91 Å². The van der Waals surface area contributed by atoms with Gasteiger partial charge in [0.2, 0.25) is 0 Å². The summed E-state index contributed by atoms with van der Waals surface area (Å²) in [4.78, 5) is 24.2. The topological polar surface area (TPSA) is 55.4 Å². The molecule has 2 rings (SSSR count). The van der Waals surface area contributed by atoms with Crippen LogP contribution in [0.15, 0.2) is 48.5 Å². The summed E-state index contributed by atoms with van der Waals surface area (Å²) in [6.07, 6.45) is -0.872. The Hall–Kier alpha value is -1.89. The number of hydrogen-bond acceptors (Lipinski definition) is 3. The van der Waals surface area contributed by atoms with Crippen molar-refractivity contribution >= 4 is 40.2 Å². The minimum atomic E-state index is -0.872. The zero-order valence-corrected chi connectivity index (χ0v) is 14.5. The highest BCUT2D eigenvalue weighted by Gasteiger charge is 2.20. The lowest BCUT2D eigenvalue weighted by atomic mass is 10.2. The lowest BCUT2D eigenvalue weighted by molar-refractivity contribution is -0.123. The molecule has 1 N–H and O–H groups in total. The van der Waals surface area contributed by atoms with Crippen LogP contribution in [0, 0.1) is 10.5 Å². The average Bonchev–Trinajstić information content (AvgIpc) is 2.49. The third-order valence-electron chi connectivity index (χ3n) is 3.15. The Morgan fingerprint density at radius 2 is 1.73 bits per heavy atom. The molecule has 0 aliphatic carbocycles. The fourth-order valence-electron chi connectivity index (χ4n) is 1.85. The molecule has 0 aliphatic heterocycles. The van der Waals surface area contributed by atoms with Crippen LogP contribution in [0.2, 0.25) is 0 Å². The Morgan fingerprint density at radius 3 is 2.41 bits per heavy atom. The average molecular weight is 409 g/mol. The van der Waals surface area contributed by atoms with E-state index in [9.17, 15) is 9.59 Å². The molecule has 2 aromatic rings. The Balaban J connectivity index is 2.01. The molecule has 2 aromatic carbocycles. The summed E-state index contributed by atoms with van der Waals surface area (Å²) in [5.41, 5.74) is 2.12. The normalized spacial score (nSPS) is 11.6. The smallest absolute Gasteiger partial charge is 0.339 e. The number of nitrogens with one attached hydrogen (secondary N) is 1. The number of carbonyl (C=O) groups is 2. The van der Waals surface area contributed by atoms with Crippen LogP contribution in [0.3, 0.4) is 0 Å². The van der Waals surface area contributed by atoms with Gasteiger partial charge in [-0.2, -0.15) is 0 Å². The molecule has 1 atom stereocenters. The van der Waals surface area contributed by atoms with E-state index in [1.54, 1.807) is 19.1 Å². The van der Waals surface area contributed by atoms with Gasteiger partial charge in [0.1, 0.15) is 0 Å². The fourth-order valence-corrected chi connectivity index (χ4v) is 2.46. The van der Waals surface area contributed by atoms with Gasteiger partial charge in [-0.05, 0) is 60.2 Å². The third-order valence-corrected chi connectivity index (χ3v) is 4.09. The van der Waals surface area contributed by atoms with Crippen LogP contribution in [-0.4, -0.2) is 18.0 Å². The summed E-state index contributed by atoms with van der Waals surface area (Å²) in [7, 11) is 0. The van der Waals surface area contributed by atoms with Crippen LogP contribution in [0.1, 0.15) is 22.8 Å². The van der Waals surface area contributed by atoms with E-state index in [1.807, 2.05) is 43.3 Å². The van der Waals surface area contributed by atoms with E-state index in [1.165, 1.54) is 0 Å². The highest BCUT2D eigenvalue weighted by atomic mass is 127. The molecule has 22 heavy (non-hydrogen) atoms. The molecule has 0 aliphatic rings. The standard InChI is InChI=1S/C17H16INO3/c1-11-7-3-6-10-15(11)19-16(20)12(2)22-17(21)13-8-4-5-9-14(13)18/h3-10,12H,1-2H3,(H,19,20)/t12-/m0/s1. The zero-order valence-electron chi connectivity index (χ0n) is 12.3. The zero-order chi connectivity index (χ0) is 16.1. The molecule has 0 heterocycles. The number of ether oxygens (including phenoxy) is 1. The number of esters is 1. The van der Waals surface area contributed by atoms with Crippen molar-refractivity contribution in [3.05, 3.63) is 63.2 Å². The van der Waals surface area contributed by atoms with Crippen molar-refractivity contribution in [2.24, 2.45) is 0 Å². The first-order valence-corrected chi connectivity index (χ1v) is 7.89. The molecule has 0 saturated heterocycles. The third kappa shape index (κ3) is 4.07. The van der Waals surface area contributed by atoms with Crippen LogP contribution in [-0.2, 0) is 9.53 Å². The first-order chi connectivity index (χ1) is 10.5. The molecule has 0 fully saturated rings. The summed E-state index contributed by atoms with van der Waals surface area (Å²) in [6.45, 7) is 3.46. The Bertz CT molecular complexity index is 700. The van der Waals surface area contributed by atoms with Crippen LogP contribution in [0.4, 0.5) is 5.69 Å². The van der Waals surface area contributed by atoms with Crippen LogP contribution in [0.25, 0.3) is 0 Å². The number of rotatable bonds is 4. The van der Waals surface area contributed by atoms with Gasteiger partial charge in [-0.3, -0.25) is 4.79 Å². The van der Waals surface area contributed by atoms with Gasteiger partial charge in [-0.15, -0.1) is 0 Å². The van der Waals surface area contributed by atoms with Gasteiger partial charge in [0, 0.05) is 9.26 Å². The molecule has 0 saturated carbocycles. The van der Waals surface area contributed by atoms with Crippen molar-refractivity contribution in [2.75, 3.05) is 5.32 Å². The van der Waals surface area contributed by atoms with Crippen LogP contribution in [0.5, 0.6) is 0 Å². The van der Waals surface area contributed by atoms with E-state index in [0.717, 1.165) is 9.13 Å². The predicted octanol–water partition coefficient (Wildman–Crippen LogP) is 3.78. The molecule has 1 amide bonds. The predicted molar refractivity (Wildman–Crippen MR) is 93.8 cm³/mol. The maximum absolute atomic E-state index is 12.1. The van der Waals surface area contributed by atoms with E-state index in [2.05, 4.69) is 27.9 Å². The maximum atomic E-state index is 12.1. The summed E-state index contributed by atoms with van der Waals surface area (Å²) in [5, 5.41) is 2.76. The number of amides is 1. The number of halogens is 1. The number of hydrogen-bond donors (Lipinski definition) is 1. The van der Waals surface area contributed by atoms with Crippen molar-refractivity contribution in [1.29, 1.82) is 0 Å². The molecule has 114 valence electrons. The molecule has 0 unspecified atom stereocenters. The highest BCUT2D eigenvalue weighted by Crippen LogP contribution is 2.16. The molecular weight excluding hydrogens is 393 g/mol. The molecule has 5 heteroatoms. The first kappa shape index (κ1) is 16.5. The van der Waals surface area contributed by atoms with Crippen molar-refractivity contribution in [3.63, 3.8) is 0 Å². The van der Waals surface area contributed by atoms with Gasteiger partial charge in [0.15, 0.2) is 6.10 Å². The lowest BCUT2D eigenvalue weighted by Gasteiger charge is -2.15. The summed E-state index contributed by atoms with van der Waals surface area (Å²) in [6, 6.07) is 14.5. The van der Waals surface area contributed by atoms with Crippen LogP contribution < -0.4 is 5.32 Å². The van der Waals surface area contributed by atoms with Crippen molar-refractivity contribution in [1.82, 2.24) is 0 Å². The quantitative estimate of drug-likeness (QED) is 0.618. The van der Waals surface area contributed by atoms with Gasteiger partial charge in [0.25, 0.3) is 5.91 Å². The Labute approximate surface area is 143 Å². The SMILES string of the molecule is Cc1ccccc1NC(=O)[C@H](C)OC(=O)c1ccccc1I. The second-order valence-corrected chi connectivity index (χ2v) is 5.99.